The molecule has 1 atom stereocenters. The summed E-state index contributed by atoms with van der Waals surface area (Å²) in [7, 11) is 0. The normalized spacial score (nSPS) is 13.2. The van der Waals surface area contributed by atoms with Crippen molar-refractivity contribution in [2.24, 2.45) is 0 Å². The van der Waals surface area contributed by atoms with Gasteiger partial charge in [0.25, 0.3) is 5.91 Å². The lowest BCUT2D eigenvalue weighted by molar-refractivity contribution is -0.126. The predicted molar refractivity (Wildman–Crippen MR) is 147 cm³/mol. The van der Waals surface area contributed by atoms with Gasteiger partial charge in [-0.25, -0.2) is 9.78 Å². The molecule has 2 aromatic carbocycles. The largest absolute Gasteiger partial charge is 0.491 e. The van der Waals surface area contributed by atoms with Crippen LogP contribution in [-0.2, 0) is 4.79 Å². The van der Waals surface area contributed by atoms with Crippen molar-refractivity contribution in [3.63, 3.8) is 0 Å². The first-order valence-electron chi connectivity index (χ1n) is 12.6. The van der Waals surface area contributed by atoms with Gasteiger partial charge in [-0.1, -0.05) is 75.5 Å². The van der Waals surface area contributed by atoms with Crippen molar-refractivity contribution >= 4 is 23.5 Å². The smallest absolute Gasteiger partial charge is 0.325 e. The quantitative estimate of drug-likeness (QED) is 0.299. The molecule has 200 valence electrons. The van der Waals surface area contributed by atoms with E-state index in [9.17, 15) is 9.59 Å². The number of hydrogen-bond acceptors (Lipinski definition) is 5. The van der Waals surface area contributed by atoms with Crippen molar-refractivity contribution in [2.75, 3.05) is 19.8 Å². The summed E-state index contributed by atoms with van der Waals surface area (Å²) in [5, 5.41) is 11.6. The van der Waals surface area contributed by atoms with Gasteiger partial charge in [-0.2, -0.15) is 0 Å². The molecule has 9 heteroatoms. The van der Waals surface area contributed by atoms with E-state index in [-0.39, 0.29) is 25.1 Å². The minimum Gasteiger partial charge on any atom is -0.491 e. The Labute approximate surface area is 224 Å². The average Bonchev–Trinajstić information content (AvgIpc) is 3.52. The summed E-state index contributed by atoms with van der Waals surface area (Å²) in [6.07, 6.45) is 4.23. The SMILES string of the molecule is CC.CCCCC(c1ncc(-c2ccc(C)cc2Cl)[nH]1)N1C(=O)CNC1=O.OCCOc1ccccc1. The van der Waals surface area contributed by atoms with Gasteiger partial charge in [-0.15, -0.1) is 0 Å². The molecule has 8 nitrogen and oxygen atoms in total. The summed E-state index contributed by atoms with van der Waals surface area (Å²) in [4.78, 5) is 33.1. The average molecular weight is 529 g/mol. The Kier molecular flexibility index (Phi) is 12.7. The minimum absolute atomic E-state index is 0.0405. The maximum Gasteiger partial charge on any atom is 0.325 e. The maximum atomic E-state index is 12.1. The fraction of sp³-hybridized carbons (Fsp3) is 0.393. The Hall–Kier alpha value is -3.36. The van der Waals surface area contributed by atoms with Crippen LogP contribution in [0.4, 0.5) is 4.79 Å². The van der Waals surface area contributed by atoms with E-state index in [1.165, 1.54) is 4.90 Å². The number of halogens is 1. The molecular weight excluding hydrogens is 492 g/mol. The number of amides is 3. The highest BCUT2D eigenvalue weighted by molar-refractivity contribution is 6.33. The van der Waals surface area contributed by atoms with Gasteiger partial charge in [0, 0.05) is 5.56 Å². The molecule has 37 heavy (non-hydrogen) atoms. The number of hydrogen-bond donors (Lipinski definition) is 3. The van der Waals surface area contributed by atoms with E-state index in [0.717, 1.165) is 35.4 Å². The highest BCUT2D eigenvalue weighted by atomic mass is 35.5. The number of para-hydroxylation sites is 1. The second kappa shape index (κ2) is 15.7. The van der Waals surface area contributed by atoms with E-state index in [1.807, 2.05) is 69.3 Å². The lowest BCUT2D eigenvalue weighted by atomic mass is 10.1. The highest BCUT2D eigenvalue weighted by Crippen LogP contribution is 2.31. The number of aromatic amines is 1. The molecule has 1 aromatic heterocycles. The standard InChI is InChI=1S/C18H21ClN4O2.C8H10O2.C2H6/c1-3-4-5-15(23-16(24)10-21-18(23)25)17-20-9-14(22-17)12-7-6-11(2)8-13(12)19;9-6-7-10-8-4-2-1-3-5-8;1-2/h6-9,15H,3-5,10H2,1-2H3,(H,20,22)(H,21,25);1-5,9H,6-7H2;1-2H3. The Bertz CT molecular complexity index is 1100. The fourth-order valence-electron chi connectivity index (χ4n) is 3.70. The van der Waals surface area contributed by atoms with Crippen molar-refractivity contribution in [3.05, 3.63) is 71.1 Å². The van der Waals surface area contributed by atoms with Crippen LogP contribution in [0.1, 0.15) is 57.5 Å². The van der Waals surface area contributed by atoms with Crippen molar-refractivity contribution < 1.29 is 19.4 Å². The lowest BCUT2D eigenvalue weighted by Crippen LogP contribution is -2.35. The van der Waals surface area contributed by atoms with Gasteiger partial charge in [0.2, 0.25) is 0 Å². The number of urea groups is 1. The third kappa shape index (κ3) is 8.61. The van der Waals surface area contributed by atoms with Gasteiger partial charge >= 0.3 is 6.03 Å². The number of H-pyrrole nitrogens is 1. The summed E-state index contributed by atoms with van der Waals surface area (Å²) >= 11 is 6.33. The van der Waals surface area contributed by atoms with Crippen LogP contribution in [-0.4, -0.2) is 51.7 Å². The first-order valence-corrected chi connectivity index (χ1v) is 13.0. The van der Waals surface area contributed by atoms with E-state index < -0.39 is 6.04 Å². The van der Waals surface area contributed by atoms with Gasteiger partial charge in [0.1, 0.15) is 18.2 Å². The molecule has 0 radical (unpaired) electrons. The first-order chi connectivity index (χ1) is 17.9. The lowest BCUT2D eigenvalue weighted by Gasteiger charge is -2.23. The van der Waals surface area contributed by atoms with Crippen LogP contribution in [0.2, 0.25) is 5.02 Å². The number of aromatic nitrogens is 2. The fourth-order valence-corrected chi connectivity index (χ4v) is 4.03. The van der Waals surface area contributed by atoms with Crippen molar-refractivity contribution in [1.29, 1.82) is 0 Å². The molecule has 0 saturated carbocycles. The minimum atomic E-state index is -0.395. The van der Waals surface area contributed by atoms with E-state index in [2.05, 4.69) is 22.2 Å². The number of nitrogens with one attached hydrogen (secondary N) is 2. The van der Waals surface area contributed by atoms with E-state index >= 15 is 0 Å². The topological polar surface area (TPSA) is 108 Å². The second-order valence-corrected chi connectivity index (χ2v) is 8.54. The first kappa shape index (κ1) is 29.9. The van der Waals surface area contributed by atoms with E-state index in [1.54, 1.807) is 6.20 Å². The molecule has 3 amide bonds. The molecule has 0 bridgehead atoms. The number of unbranched alkanes of at least 4 members (excludes halogenated alkanes) is 1. The van der Waals surface area contributed by atoms with Crippen LogP contribution in [0.25, 0.3) is 11.3 Å². The summed E-state index contributed by atoms with van der Waals surface area (Å²) in [6.45, 7) is 8.52. The molecule has 1 aliphatic rings. The Morgan fingerprint density at radius 2 is 1.89 bits per heavy atom. The third-order valence-electron chi connectivity index (χ3n) is 5.45. The van der Waals surface area contributed by atoms with Crippen LogP contribution in [0.3, 0.4) is 0 Å². The number of aryl methyl sites for hydroxylation is 1. The molecule has 3 aromatic rings. The van der Waals surface area contributed by atoms with Gasteiger partial charge in [0.05, 0.1) is 36.1 Å². The number of carbonyl (C=O) groups excluding carboxylic acids is 2. The van der Waals surface area contributed by atoms with Crippen LogP contribution in [0.15, 0.2) is 54.7 Å². The zero-order valence-corrected chi connectivity index (χ0v) is 22.7. The number of benzene rings is 2. The molecule has 2 heterocycles. The number of rotatable bonds is 9. The van der Waals surface area contributed by atoms with Crippen molar-refractivity contribution in [3.8, 4) is 17.0 Å². The number of imide groups is 1. The van der Waals surface area contributed by atoms with Gasteiger partial charge in [-0.3, -0.25) is 9.69 Å². The molecule has 3 N–H and O–H groups in total. The van der Waals surface area contributed by atoms with Crippen LogP contribution in [0, 0.1) is 6.92 Å². The number of nitrogens with zero attached hydrogens (tertiary/aromatic N) is 2. The van der Waals surface area contributed by atoms with Gasteiger partial charge in [0.15, 0.2) is 0 Å². The molecule has 1 aliphatic heterocycles. The molecule has 1 unspecified atom stereocenters. The Morgan fingerprint density at radius 3 is 2.49 bits per heavy atom. The summed E-state index contributed by atoms with van der Waals surface area (Å²) in [5.41, 5.74) is 2.69. The number of aliphatic hydroxyl groups is 1. The van der Waals surface area contributed by atoms with Crippen molar-refractivity contribution in [1.82, 2.24) is 20.2 Å². The maximum absolute atomic E-state index is 12.1. The van der Waals surface area contributed by atoms with Gasteiger partial charge in [-0.05, 0) is 37.1 Å². The number of ether oxygens (including phenoxy) is 1. The molecule has 0 spiro atoms. The van der Waals surface area contributed by atoms with Crippen molar-refractivity contribution in [2.45, 2.75) is 53.0 Å². The monoisotopic (exact) mass is 528 g/mol. The third-order valence-corrected chi connectivity index (χ3v) is 5.76. The predicted octanol–water partition coefficient (Wildman–Crippen LogP) is 5.91. The van der Waals surface area contributed by atoms with Gasteiger partial charge < -0.3 is 20.1 Å². The molecule has 0 aliphatic carbocycles. The van der Waals surface area contributed by atoms with E-state index in [0.29, 0.717) is 23.9 Å². The number of imidazole rings is 1. The molecule has 1 saturated heterocycles. The Morgan fingerprint density at radius 1 is 1.16 bits per heavy atom. The Balaban J connectivity index is 0.000000336. The molecular formula is C28H37ClN4O4. The highest BCUT2D eigenvalue weighted by Gasteiger charge is 2.36. The zero-order valence-electron chi connectivity index (χ0n) is 22.0. The summed E-state index contributed by atoms with van der Waals surface area (Å²) in [5.74, 6) is 1.18. The molecule has 4 rings (SSSR count). The van der Waals surface area contributed by atoms with Crippen LogP contribution >= 0.6 is 11.6 Å². The van der Waals surface area contributed by atoms with Crippen LogP contribution in [0.5, 0.6) is 5.75 Å². The van der Waals surface area contributed by atoms with Crippen LogP contribution < -0.4 is 10.1 Å². The van der Waals surface area contributed by atoms with E-state index in [4.69, 9.17) is 21.4 Å². The second-order valence-electron chi connectivity index (χ2n) is 8.13. The number of aliphatic hydroxyl groups excluding tert-OH is 1. The summed E-state index contributed by atoms with van der Waals surface area (Å²) < 4.78 is 5.11. The summed E-state index contributed by atoms with van der Waals surface area (Å²) in [6, 6.07) is 14.5. The molecule has 1 fully saturated rings. The zero-order chi connectivity index (χ0) is 27.2. The number of carbonyl (C=O) groups is 2.